The predicted molar refractivity (Wildman–Crippen MR) is 110 cm³/mol. The highest BCUT2D eigenvalue weighted by Crippen LogP contribution is 2.41. The minimum atomic E-state index is -3.26. The Morgan fingerprint density at radius 2 is 1.79 bits per heavy atom. The molecular weight excluding hydrogens is 374 g/mol. The van der Waals surface area contributed by atoms with Crippen molar-refractivity contribution in [2.45, 2.75) is 62.7 Å². The van der Waals surface area contributed by atoms with Crippen LogP contribution in [0.4, 0.5) is 5.82 Å². The van der Waals surface area contributed by atoms with Gasteiger partial charge in [0.25, 0.3) is 0 Å². The van der Waals surface area contributed by atoms with Crippen molar-refractivity contribution in [2.75, 3.05) is 11.6 Å². The number of amides is 1. The van der Waals surface area contributed by atoms with Crippen molar-refractivity contribution in [2.24, 2.45) is 7.05 Å². The summed E-state index contributed by atoms with van der Waals surface area (Å²) in [4.78, 5) is 13.8. The Balaban J connectivity index is 1.98. The van der Waals surface area contributed by atoms with Gasteiger partial charge in [-0.2, -0.15) is 5.10 Å². The van der Waals surface area contributed by atoms with E-state index in [1.807, 2.05) is 20.9 Å². The van der Waals surface area contributed by atoms with Gasteiger partial charge < -0.3 is 5.32 Å². The van der Waals surface area contributed by atoms with E-state index in [-0.39, 0.29) is 10.8 Å². The number of carbonyl (C=O) groups excluding carboxylic acids is 1. The number of carbonyl (C=O) groups is 1. The van der Waals surface area contributed by atoms with Crippen LogP contribution in [-0.2, 0) is 33.5 Å². The van der Waals surface area contributed by atoms with Crippen LogP contribution in [0.5, 0.6) is 0 Å². The fourth-order valence-electron chi connectivity index (χ4n) is 4.25. The molecule has 1 aliphatic carbocycles. The molecule has 1 amide bonds. The summed E-state index contributed by atoms with van der Waals surface area (Å²) in [6.07, 6.45) is 6.59. The number of aromatic nitrogens is 2. The first-order valence-corrected chi connectivity index (χ1v) is 11.7. The molecule has 1 aliphatic rings. The summed E-state index contributed by atoms with van der Waals surface area (Å²) in [5, 5.41) is 7.63. The third-order valence-corrected chi connectivity index (χ3v) is 7.05. The third kappa shape index (κ3) is 3.72. The van der Waals surface area contributed by atoms with Crippen LogP contribution in [0.25, 0.3) is 0 Å². The van der Waals surface area contributed by atoms with Gasteiger partial charge in [0, 0.05) is 18.9 Å². The van der Waals surface area contributed by atoms with Crippen LogP contribution in [0.1, 0.15) is 55.8 Å². The maximum Gasteiger partial charge on any atom is 0.236 e. The Kier molecular flexibility index (Phi) is 5.66. The number of hydrogen-bond donors (Lipinski definition) is 1. The topological polar surface area (TPSA) is 81.1 Å². The number of sulfone groups is 1. The lowest BCUT2D eigenvalue weighted by Crippen LogP contribution is -2.42. The molecule has 6 nitrogen and oxygen atoms in total. The van der Waals surface area contributed by atoms with Crippen molar-refractivity contribution in [3.8, 4) is 0 Å². The van der Waals surface area contributed by atoms with Gasteiger partial charge in [0.05, 0.1) is 16.0 Å². The van der Waals surface area contributed by atoms with Crippen LogP contribution in [0.15, 0.2) is 29.2 Å². The molecule has 0 bridgehead atoms. The fourth-order valence-corrected chi connectivity index (χ4v) is 4.88. The van der Waals surface area contributed by atoms with Gasteiger partial charge in [-0.05, 0) is 43.9 Å². The molecule has 1 saturated carbocycles. The zero-order valence-electron chi connectivity index (χ0n) is 17.1. The first kappa shape index (κ1) is 20.6. The number of rotatable bonds is 5. The largest absolute Gasteiger partial charge is 0.310 e. The average molecular weight is 404 g/mol. The molecule has 0 unspecified atom stereocenters. The summed E-state index contributed by atoms with van der Waals surface area (Å²) in [6, 6.07) is 6.82. The van der Waals surface area contributed by atoms with Crippen molar-refractivity contribution < 1.29 is 13.2 Å². The Bertz CT molecular complexity index is 969. The van der Waals surface area contributed by atoms with Crippen molar-refractivity contribution in [3.63, 3.8) is 0 Å². The smallest absolute Gasteiger partial charge is 0.236 e. The number of hydrogen-bond acceptors (Lipinski definition) is 4. The van der Waals surface area contributed by atoms with E-state index >= 15 is 0 Å². The molecule has 1 heterocycles. The zero-order chi connectivity index (χ0) is 20.5. The summed E-state index contributed by atoms with van der Waals surface area (Å²) in [7, 11) is -1.42. The lowest BCUT2D eigenvalue weighted by atomic mass is 9.68. The Morgan fingerprint density at radius 3 is 2.29 bits per heavy atom. The number of benzene rings is 1. The van der Waals surface area contributed by atoms with E-state index in [1.165, 1.54) is 6.26 Å². The molecule has 0 spiro atoms. The average Bonchev–Trinajstić information content (AvgIpc) is 2.95. The third-order valence-electron chi connectivity index (χ3n) is 5.93. The van der Waals surface area contributed by atoms with Gasteiger partial charge in [0.15, 0.2) is 9.84 Å². The van der Waals surface area contributed by atoms with E-state index in [2.05, 4.69) is 10.4 Å². The van der Waals surface area contributed by atoms with E-state index in [4.69, 9.17) is 0 Å². The molecule has 0 atom stereocenters. The maximum atomic E-state index is 13.5. The van der Waals surface area contributed by atoms with Crippen LogP contribution in [0.3, 0.4) is 0 Å². The van der Waals surface area contributed by atoms with Gasteiger partial charge in [0.2, 0.25) is 5.91 Å². The van der Waals surface area contributed by atoms with Gasteiger partial charge in [-0.3, -0.25) is 9.48 Å². The molecule has 1 aromatic heterocycles. The Hall–Kier alpha value is -2.15. The highest BCUT2D eigenvalue weighted by Gasteiger charge is 2.41. The van der Waals surface area contributed by atoms with E-state index in [9.17, 15) is 13.2 Å². The molecule has 0 radical (unpaired) electrons. The molecule has 7 heteroatoms. The monoisotopic (exact) mass is 403 g/mol. The minimum Gasteiger partial charge on any atom is -0.310 e. The van der Waals surface area contributed by atoms with Gasteiger partial charge >= 0.3 is 0 Å². The van der Waals surface area contributed by atoms with Gasteiger partial charge in [-0.15, -0.1) is 0 Å². The first-order chi connectivity index (χ1) is 13.2. The summed E-state index contributed by atoms with van der Waals surface area (Å²) in [6.45, 7) is 4.03. The van der Waals surface area contributed by atoms with E-state index in [1.54, 1.807) is 28.9 Å². The van der Waals surface area contributed by atoms with Crippen LogP contribution in [-0.4, -0.2) is 30.4 Å². The molecular formula is C21H29N3O3S. The fraction of sp³-hybridized carbons (Fsp3) is 0.524. The van der Waals surface area contributed by atoms with Gasteiger partial charge in [0.1, 0.15) is 5.82 Å². The highest BCUT2D eigenvalue weighted by atomic mass is 32.2. The van der Waals surface area contributed by atoms with Gasteiger partial charge in [-0.25, -0.2) is 8.42 Å². The second-order valence-corrected chi connectivity index (χ2v) is 9.81. The molecule has 1 N–H and O–H groups in total. The van der Waals surface area contributed by atoms with E-state index in [0.717, 1.165) is 61.2 Å². The molecule has 0 saturated heterocycles. The minimum absolute atomic E-state index is 0.0342. The zero-order valence-corrected chi connectivity index (χ0v) is 17.9. The molecule has 0 aliphatic heterocycles. The highest BCUT2D eigenvalue weighted by molar-refractivity contribution is 7.90. The quantitative estimate of drug-likeness (QED) is 0.828. The van der Waals surface area contributed by atoms with Crippen molar-refractivity contribution in [3.05, 3.63) is 41.1 Å². The second-order valence-electron chi connectivity index (χ2n) is 7.79. The van der Waals surface area contributed by atoms with E-state index in [0.29, 0.717) is 0 Å². The number of aryl methyl sites for hydroxylation is 2. The van der Waals surface area contributed by atoms with Crippen molar-refractivity contribution in [1.29, 1.82) is 0 Å². The van der Waals surface area contributed by atoms with Gasteiger partial charge in [-0.1, -0.05) is 38.3 Å². The molecule has 3 rings (SSSR count). The summed E-state index contributed by atoms with van der Waals surface area (Å²) in [5.41, 5.74) is 2.22. The second kappa shape index (κ2) is 7.70. The summed E-state index contributed by atoms with van der Waals surface area (Å²) in [5.74, 6) is 0.701. The van der Waals surface area contributed by atoms with Crippen LogP contribution < -0.4 is 5.32 Å². The Morgan fingerprint density at radius 1 is 1.18 bits per heavy atom. The van der Waals surface area contributed by atoms with Crippen LogP contribution >= 0.6 is 0 Å². The van der Waals surface area contributed by atoms with Crippen LogP contribution in [0, 0.1) is 6.92 Å². The maximum absolute atomic E-state index is 13.5. The SMILES string of the molecule is CCc1nn(C)c(NC(=O)C2(c3ccc(S(C)(=O)=O)cc3)CCCCC2)c1C. The summed E-state index contributed by atoms with van der Waals surface area (Å²) < 4.78 is 25.3. The standard InChI is InChI=1S/C21H29N3O3S/c1-5-18-15(2)19(24(3)23-18)22-20(25)21(13-7-6-8-14-21)16-9-11-17(12-10-16)28(4,26)27/h9-12H,5-8,13-14H2,1-4H3,(H,22,25). The number of nitrogens with zero attached hydrogens (tertiary/aromatic N) is 2. The number of nitrogens with one attached hydrogen (secondary N) is 1. The molecule has 2 aromatic rings. The number of anilines is 1. The predicted octanol–water partition coefficient (Wildman–Crippen LogP) is 3.54. The Labute approximate surface area is 167 Å². The molecule has 152 valence electrons. The van der Waals surface area contributed by atoms with Crippen molar-refractivity contribution >= 4 is 21.6 Å². The van der Waals surface area contributed by atoms with E-state index < -0.39 is 15.3 Å². The lowest BCUT2D eigenvalue weighted by Gasteiger charge is -2.36. The molecule has 1 aromatic carbocycles. The van der Waals surface area contributed by atoms with Crippen molar-refractivity contribution in [1.82, 2.24) is 9.78 Å². The van der Waals surface area contributed by atoms with Crippen LogP contribution in [0.2, 0.25) is 0 Å². The molecule has 1 fully saturated rings. The normalized spacial score (nSPS) is 16.7. The summed E-state index contributed by atoms with van der Waals surface area (Å²) >= 11 is 0. The lowest BCUT2D eigenvalue weighted by molar-refractivity contribution is -0.122. The first-order valence-electron chi connectivity index (χ1n) is 9.83. The molecule has 28 heavy (non-hydrogen) atoms.